The van der Waals surface area contributed by atoms with Gasteiger partial charge in [0.05, 0.1) is 10.8 Å². The molecule has 0 amide bonds. The molecule has 12 rings (SSSR count). The molecule has 0 unspecified atom stereocenters. The molecule has 8 aromatic rings. The van der Waals surface area contributed by atoms with Gasteiger partial charge >= 0.3 is 0 Å². The van der Waals surface area contributed by atoms with E-state index in [4.69, 9.17) is 0 Å². The van der Waals surface area contributed by atoms with E-state index in [1.807, 2.05) is 22.7 Å². The van der Waals surface area contributed by atoms with Gasteiger partial charge < -0.3 is 0 Å². The molecule has 0 saturated carbocycles. The van der Waals surface area contributed by atoms with Crippen molar-refractivity contribution >= 4 is 63.0 Å². The Bertz CT molecular complexity index is 2280. The number of hydrogen-bond donors (Lipinski definition) is 0. The van der Waals surface area contributed by atoms with Crippen LogP contribution >= 0.6 is 22.7 Å². The van der Waals surface area contributed by atoms with Crippen molar-refractivity contribution in [3.63, 3.8) is 0 Å². The van der Waals surface area contributed by atoms with Gasteiger partial charge in [-0.15, -0.1) is 22.7 Å². The summed E-state index contributed by atoms with van der Waals surface area (Å²) < 4.78 is 5.62. The lowest BCUT2D eigenvalue weighted by atomic mass is 9.40. The zero-order chi connectivity index (χ0) is 26.2. The quantitative estimate of drug-likeness (QED) is 0.176. The van der Waals surface area contributed by atoms with Gasteiger partial charge in [-0.2, -0.15) is 0 Å². The second-order valence-corrected chi connectivity index (χ2v) is 14.4. The van der Waals surface area contributed by atoms with E-state index in [9.17, 15) is 0 Å². The molecular weight excluding hydrogens is 533 g/mol. The van der Waals surface area contributed by atoms with Crippen LogP contribution in [0.5, 0.6) is 0 Å². The molecule has 2 heteroatoms. The van der Waals surface area contributed by atoms with E-state index in [0.29, 0.717) is 0 Å². The van der Waals surface area contributed by atoms with Crippen LogP contribution < -0.4 is 0 Å². The van der Waals surface area contributed by atoms with E-state index < -0.39 is 0 Å². The predicted molar refractivity (Wildman–Crippen MR) is 173 cm³/mol. The Kier molecular flexibility index (Phi) is 3.17. The highest BCUT2D eigenvalue weighted by atomic mass is 32.1. The molecule has 0 nitrogen and oxygen atoms in total. The first-order valence-electron chi connectivity index (χ1n) is 14.5. The van der Waals surface area contributed by atoms with Crippen LogP contribution in [0.4, 0.5) is 0 Å². The monoisotopic (exact) mass is 552 g/mol. The van der Waals surface area contributed by atoms with Crippen molar-refractivity contribution in [2.75, 3.05) is 0 Å². The molecule has 0 radical (unpaired) electrons. The number of rotatable bonds is 0. The maximum Gasteiger partial charge on any atom is 0.0649 e. The normalized spacial score (nSPS) is 21.8. The third kappa shape index (κ3) is 1.84. The van der Waals surface area contributed by atoms with Crippen LogP contribution in [0.1, 0.15) is 44.5 Å². The van der Waals surface area contributed by atoms with Crippen LogP contribution in [0, 0.1) is 0 Å². The second-order valence-electron chi connectivity index (χ2n) is 12.3. The van der Waals surface area contributed by atoms with Crippen molar-refractivity contribution in [2.45, 2.75) is 17.3 Å². The average molecular weight is 553 g/mol. The predicted octanol–water partition coefficient (Wildman–Crippen LogP) is 10.3. The minimum Gasteiger partial charge on any atom is -0.135 e. The smallest absolute Gasteiger partial charge is 0.0649 e. The first-order valence-corrected chi connectivity index (χ1v) is 16.1. The van der Waals surface area contributed by atoms with Crippen LogP contribution in [-0.2, 0) is 17.3 Å². The Morgan fingerprint density at radius 3 is 1.05 bits per heavy atom. The molecule has 0 saturated heterocycles. The fourth-order valence-corrected chi connectivity index (χ4v) is 12.3. The van der Waals surface area contributed by atoms with Crippen molar-refractivity contribution in [3.05, 3.63) is 154 Å². The van der Waals surface area contributed by atoms with Crippen molar-refractivity contribution in [1.82, 2.24) is 0 Å². The van der Waals surface area contributed by atoms with E-state index in [2.05, 4.69) is 109 Å². The summed E-state index contributed by atoms with van der Waals surface area (Å²) in [5.74, 6) is 0. The lowest BCUT2D eigenvalue weighted by Crippen LogP contribution is -2.57. The molecule has 4 aliphatic rings. The van der Waals surface area contributed by atoms with Crippen molar-refractivity contribution in [1.29, 1.82) is 0 Å². The van der Waals surface area contributed by atoms with Gasteiger partial charge in [-0.25, -0.2) is 0 Å². The van der Waals surface area contributed by atoms with Gasteiger partial charge in [0.1, 0.15) is 0 Å². The van der Waals surface area contributed by atoms with Crippen LogP contribution in [0.3, 0.4) is 0 Å². The molecule has 0 bridgehead atoms. The second kappa shape index (κ2) is 6.31. The molecule has 2 aromatic heterocycles. The van der Waals surface area contributed by atoms with Gasteiger partial charge in [0.15, 0.2) is 0 Å². The van der Waals surface area contributed by atoms with Gasteiger partial charge in [0.2, 0.25) is 0 Å². The molecule has 0 spiro atoms. The highest BCUT2D eigenvalue weighted by molar-refractivity contribution is 7.26. The zero-order valence-corrected chi connectivity index (χ0v) is 23.5. The Balaban J connectivity index is 1.52. The third-order valence-electron chi connectivity index (χ3n) is 11.0. The number of hydrogen-bond acceptors (Lipinski definition) is 2. The minimum absolute atomic E-state index is 0.377. The summed E-state index contributed by atoms with van der Waals surface area (Å²) >= 11 is 3.93. The van der Waals surface area contributed by atoms with E-state index in [1.54, 1.807) is 0 Å². The Labute approximate surface area is 244 Å². The summed E-state index contributed by atoms with van der Waals surface area (Å²) in [7, 11) is 0. The topological polar surface area (TPSA) is 0 Å². The Hall–Kier alpha value is -4.24. The highest BCUT2D eigenvalue weighted by Gasteiger charge is 2.66. The lowest BCUT2D eigenvalue weighted by Gasteiger charge is -2.60. The molecule has 4 aliphatic carbocycles. The van der Waals surface area contributed by atoms with Crippen LogP contribution in [-0.4, -0.2) is 0 Å². The summed E-state index contributed by atoms with van der Waals surface area (Å²) in [6.07, 6.45) is 1.02. The maximum atomic E-state index is 2.49. The van der Waals surface area contributed by atoms with E-state index in [-0.39, 0.29) is 10.8 Å². The number of thiophene rings is 2. The average Bonchev–Trinajstić information content (AvgIpc) is 3.71. The third-order valence-corrected chi connectivity index (χ3v) is 13.2. The molecule has 41 heavy (non-hydrogen) atoms. The molecule has 6 aromatic carbocycles. The molecule has 0 fully saturated rings. The molecule has 0 atom stereocenters. The Morgan fingerprint density at radius 2 is 0.683 bits per heavy atom. The summed E-state index contributed by atoms with van der Waals surface area (Å²) in [6.45, 7) is 0. The fraction of sp³-hybridized carbons (Fsp3) is 0.0769. The first kappa shape index (κ1) is 20.6. The van der Waals surface area contributed by atoms with Gasteiger partial charge in [-0.1, -0.05) is 84.9 Å². The SMILES string of the molecule is c1cc2c3c(c1)C14c5cccc6sc7cccc(c7c56)C1(c1cccc(c1-3)C2)c1cccc2sc3cccc4c3c12. The summed E-state index contributed by atoms with van der Waals surface area (Å²) in [6, 6.07) is 43.1. The fourth-order valence-electron chi connectivity index (χ4n) is 9.98. The van der Waals surface area contributed by atoms with Crippen LogP contribution in [0.15, 0.2) is 109 Å². The van der Waals surface area contributed by atoms with Gasteiger partial charge in [0, 0.05) is 40.3 Å². The highest BCUT2D eigenvalue weighted by Crippen LogP contribution is 2.74. The van der Waals surface area contributed by atoms with E-state index in [0.717, 1.165) is 6.42 Å². The summed E-state index contributed by atoms with van der Waals surface area (Å²) in [4.78, 5) is 0. The van der Waals surface area contributed by atoms with Crippen LogP contribution in [0.2, 0.25) is 0 Å². The number of benzene rings is 6. The van der Waals surface area contributed by atoms with E-state index in [1.165, 1.54) is 96.0 Å². The van der Waals surface area contributed by atoms with Gasteiger partial charge in [-0.3, -0.25) is 0 Å². The minimum atomic E-state index is -0.377. The molecule has 0 N–H and O–H groups in total. The largest absolute Gasteiger partial charge is 0.135 e. The molecular formula is C39H20S2. The van der Waals surface area contributed by atoms with Gasteiger partial charge in [-0.05, 0) is 86.3 Å². The lowest BCUT2D eigenvalue weighted by molar-refractivity contribution is 0.419. The molecule has 188 valence electrons. The Morgan fingerprint density at radius 1 is 0.366 bits per heavy atom. The summed E-state index contributed by atoms with van der Waals surface area (Å²) in [5, 5.41) is 5.88. The standard InChI is InChI=1S/C39H20S2/c1-7-20-19-21-8-2-10-23-33(21)32(20)22(9-1)38-24-11-3-15-28-34(24)36-26(13-5-17-30(36)40-28)39(23,38)27-14-6-18-31-37(27)35-25(38)12-4-16-29(35)41-31/h1-18H,19H2. The first-order chi connectivity index (χ1) is 20.3. The van der Waals surface area contributed by atoms with Crippen LogP contribution in [0.25, 0.3) is 51.5 Å². The van der Waals surface area contributed by atoms with Crippen molar-refractivity contribution in [2.24, 2.45) is 0 Å². The van der Waals surface area contributed by atoms with Gasteiger partial charge in [0.25, 0.3) is 0 Å². The van der Waals surface area contributed by atoms with Crippen molar-refractivity contribution in [3.8, 4) is 11.1 Å². The summed E-state index contributed by atoms with van der Waals surface area (Å²) in [5.41, 5.74) is 14.1. The molecule has 2 heterocycles. The molecule has 0 aliphatic heterocycles. The maximum absolute atomic E-state index is 2.49. The zero-order valence-electron chi connectivity index (χ0n) is 21.9. The van der Waals surface area contributed by atoms with E-state index >= 15 is 0 Å². The van der Waals surface area contributed by atoms with Crippen molar-refractivity contribution < 1.29 is 0 Å².